The molecule has 0 aliphatic heterocycles. The Bertz CT molecular complexity index is 926. The minimum atomic E-state index is -0.454. The minimum Gasteiger partial charge on any atom is -0.427 e. The molecule has 2 aromatic carbocycles. The van der Waals surface area contributed by atoms with Crippen molar-refractivity contribution in [1.82, 2.24) is 5.32 Å². The highest BCUT2D eigenvalue weighted by Gasteiger charge is 2.11. The summed E-state index contributed by atoms with van der Waals surface area (Å²) in [4.78, 5) is 35.7. The molecule has 0 saturated heterocycles. The number of allylic oxidation sites excluding steroid dienone is 1. The van der Waals surface area contributed by atoms with E-state index in [-0.39, 0.29) is 23.8 Å². The van der Waals surface area contributed by atoms with Crippen molar-refractivity contribution in [2.24, 2.45) is 5.41 Å². The molecule has 0 atom stereocenters. The fourth-order valence-electron chi connectivity index (χ4n) is 2.42. The Morgan fingerprint density at radius 1 is 1.03 bits per heavy atom. The number of ether oxygens (including phenoxy) is 1. The Balaban J connectivity index is 2.07. The number of carbonyl (C=O) groups excluding carboxylic acids is 3. The molecule has 2 N–H and O–H groups in total. The van der Waals surface area contributed by atoms with Gasteiger partial charge in [0.2, 0.25) is 5.91 Å². The summed E-state index contributed by atoms with van der Waals surface area (Å²) in [5.74, 6) is -0.693. The molecular formula is C23H26N2O4. The van der Waals surface area contributed by atoms with Crippen LogP contribution in [0.15, 0.2) is 60.7 Å². The van der Waals surface area contributed by atoms with Gasteiger partial charge in [0.05, 0.1) is 0 Å². The quantitative estimate of drug-likeness (QED) is 0.439. The maximum Gasteiger partial charge on any atom is 0.308 e. The molecule has 2 amide bonds. The molecule has 29 heavy (non-hydrogen) atoms. The van der Waals surface area contributed by atoms with E-state index < -0.39 is 5.97 Å². The summed E-state index contributed by atoms with van der Waals surface area (Å²) in [7, 11) is 0. The van der Waals surface area contributed by atoms with Crippen LogP contribution < -0.4 is 15.4 Å². The molecule has 152 valence electrons. The topological polar surface area (TPSA) is 84.5 Å². The summed E-state index contributed by atoms with van der Waals surface area (Å²) in [5.41, 5.74) is 1.64. The average molecular weight is 394 g/mol. The average Bonchev–Trinajstić information content (AvgIpc) is 2.64. The van der Waals surface area contributed by atoms with Crippen LogP contribution in [0.4, 0.5) is 5.69 Å². The maximum atomic E-state index is 12.6. The zero-order valence-corrected chi connectivity index (χ0v) is 17.1. The largest absolute Gasteiger partial charge is 0.427 e. The van der Waals surface area contributed by atoms with Gasteiger partial charge < -0.3 is 15.4 Å². The Hall–Kier alpha value is -3.41. The third-order valence-corrected chi connectivity index (χ3v) is 3.81. The second kappa shape index (κ2) is 9.68. The number of hydrogen-bond acceptors (Lipinski definition) is 4. The van der Waals surface area contributed by atoms with Crippen molar-refractivity contribution in [2.75, 3.05) is 5.32 Å². The second-order valence-electron chi connectivity index (χ2n) is 7.65. The number of esters is 1. The fraction of sp³-hybridized carbons (Fsp3) is 0.261. The zero-order chi connectivity index (χ0) is 21.4. The lowest BCUT2D eigenvalue weighted by Gasteiger charge is -2.13. The summed E-state index contributed by atoms with van der Waals surface area (Å²) in [5, 5.41) is 5.66. The SMILES string of the molecule is CC(=O)Oc1cccc(C(=O)Nc2ccccc2CNC(=O)/C=C/C(C)(C)C)c1. The Labute approximate surface area is 171 Å². The number of para-hydroxylation sites is 1. The highest BCUT2D eigenvalue weighted by molar-refractivity contribution is 6.05. The third-order valence-electron chi connectivity index (χ3n) is 3.81. The number of hydrogen-bond donors (Lipinski definition) is 2. The van der Waals surface area contributed by atoms with Crippen LogP contribution in [0.5, 0.6) is 5.75 Å². The molecule has 0 bridgehead atoms. The smallest absolute Gasteiger partial charge is 0.308 e. The lowest BCUT2D eigenvalue weighted by atomic mass is 9.96. The Kier molecular flexibility index (Phi) is 7.31. The summed E-state index contributed by atoms with van der Waals surface area (Å²) < 4.78 is 5.02. The van der Waals surface area contributed by atoms with Gasteiger partial charge in [0.25, 0.3) is 5.91 Å². The molecule has 0 aliphatic rings. The number of benzene rings is 2. The van der Waals surface area contributed by atoms with Crippen molar-refractivity contribution >= 4 is 23.5 Å². The van der Waals surface area contributed by atoms with Crippen LogP contribution in [0, 0.1) is 5.41 Å². The number of carbonyl (C=O) groups is 3. The number of rotatable bonds is 6. The minimum absolute atomic E-state index is 0.0795. The molecule has 0 aliphatic carbocycles. The van der Waals surface area contributed by atoms with E-state index in [2.05, 4.69) is 10.6 Å². The maximum absolute atomic E-state index is 12.6. The van der Waals surface area contributed by atoms with Crippen molar-refractivity contribution in [3.63, 3.8) is 0 Å². The van der Waals surface area contributed by atoms with Crippen molar-refractivity contribution in [3.8, 4) is 5.75 Å². The molecule has 0 spiro atoms. The van der Waals surface area contributed by atoms with E-state index in [1.165, 1.54) is 19.1 Å². The van der Waals surface area contributed by atoms with E-state index >= 15 is 0 Å². The van der Waals surface area contributed by atoms with Crippen LogP contribution in [-0.2, 0) is 16.1 Å². The fourth-order valence-corrected chi connectivity index (χ4v) is 2.42. The molecule has 0 unspecified atom stereocenters. The highest BCUT2D eigenvalue weighted by Crippen LogP contribution is 2.19. The van der Waals surface area contributed by atoms with Gasteiger partial charge in [0.1, 0.15) is 5.75 Å². The molecule has 0 saturated carbocycles. The molecule has 6 heteroatoms. The van der Waals surface area contributed by atoms with Crippen LogP contribution >= 0.6 is 0 Å². The lowest BCUT2D eigenvalue weighted by Crippen LogP contribution is -2.22. The lowest BCUT2D eigenvalue weighted by molar-refractivity contribution is -0.131. The first-order valence-electron chi connectivity index (χ1n) is 9.29. The van der Waals surface area contributed by atoms with E-state index in [1.807, 2.05) is 39.0 Å². The van der Waals surface area contributed by atoms with Gasteiger partial charge in [-0.1, -0.05) is 51.1 Å². The number of anilines is 1. The van der Waals surface area contributed by atoms with E-state index in [4.69, 9.17) is 4.74 Å². The van der Waals surface area contributed by atoms with Gasteiger partial charge in [-0.05, 0) is 41.3 Å². The predicted molar refractivity (Wildman–Crippen MR) is 113 cm³/mol. The molecular weight excluding hydrogens is 368 g/mol. The zero-order valence-electron chi connectivity index (χ0n) is 17.1. The molecule has 0 radical (unpaired) electrons. The second-order valence-corrected chi connectivity index (χ2v) is 7.65. The number of amides is 2. The summed E-state index contributed by atoms with van der Waals surface area (Å²) in [6.07, 6.45) is 3.35. The van der Waals surface area contributed by atoms with Crippen molar-refractivity contribution in [1.29, 1.82) is 0 Å². The molecule has 0 heterocycles. The van der Waals surface area contributed by atoms with Crippen molar-refractivity contribution in [2.45, 2.75) is 34.2 Å². The molecule has 6 nitrogen and oxygen atoms in total. The van der Waals surface area contributed by atoms with Gasteiger partial charge in [-0.15, -0.1) is 0 Å². The van der Waals surface area contributed by atoms with Crippen LogP contribution in [-0.4, -0.2) is 17.8 Å². The van der Waals surface area contributed by atoms with Crippen LogP contribution in [0.3, 0.4) is 0 Å². The standard InChI is InChI=1S/C23H26N2O4/c1-16(26)29-19-10-7-9-17(14-19)22(28)25-20-11-6-5-8-18(20)15-24-21(27)12-13-23(2,3)4/h5-14H,15H2,1-4H3,(H,24,27)(H,25,28)/b13-12+. The number of nitrogens with one attached hydrogen (secondary N) is 2. The third kappa shape index (κ3) is 7.62. The van der Waals surface area contributed by atoms with E-state index in [9.17, 15) is 14.4 Å². The van der Waals surface area contributed by atoms with Gasteiger partial charge in [0, 0.05) is 24.7 Å². The summed E-state index contributed by atoms with van der Waals surface area (Å²) in [6.45, 7) is 7.61. The van der Waals surface area contributed by atoms with Gasteiger partial charge in [-0.25, -0.2) is 0 Å². The first-order valence-corrected chi connectivity index (χ1v) is 9.29. The van der Waals surface area contributed by atoms with Gasteiger partial charge in [0.15, 0.2) is 0 Å². The van der Waals surface area contributed by atoms with Gasteiger partial charge in [-0.2, -0.15) is 0 Å². The Morgan fingerprint density at radius 3 is 2.45 bits per heavy atom. The normalized spacial score (nSPS) is 11.2. The van der Waals surface area contributed by atoms with E-state index in [1.54, 1.807) is 30.3 Å². The first-order chi connectivity index (χ1) is 13.6. The van der Waals surface area contributed by atoms with Crippen LogP contribution in [0.25, 0.3) is 0 Å². The first kappa shape index (κ1) is 21.9. The van der Waals surface area contributed by atoms with Crippen LogP contribution in [0.1, 0.15) is 43.6 Å². The predicted octanol–water partition coefficient (Wildman–Crippen LogP) is 4.08. The van der Waals surface area contributed by atoms with Crippen molar-refractivity contribution < 1.29 is 19.1 Å². The van der Waals surface area contributed by atoms with Crippen molar-refractivity contribution in [3.05, 3.63) is 71.8 Å². The van der Waals surface area contributed by atoms with E-state index in [0.29, 0.717) is 17.0 Å². The molecule has 2 aromatic rings. The molecule has 2 rings (SSSR count). The van der Waals surface area contributed by atoms with E-state index in [0.717, 1.165) is 5.56 Å². The summed E-state index contributed by atoms with van der Waals surface area (Å²) >= 11 is 0. The van der Waals surface area contributed by atoms with Gasteiger partial charge >= 0.3 is 5.97 Å². The van der Waals surface area contributed by atoms with Gasteiger partial charge in [-0.3, -0.25) is 14.4 Å². The Morgan fingerprint density at radius 2 is 1.76 bits per heavy atom. The highest BCUT2D eigenvalue weighted by atomic mass is 16.5. The van der Waals surface area contributed by atoms with Crippen LogP contribution in [0.2, 0.25) is 0 Å². The monoisotopic (exact) mass is 394 g/mol. The summed E-state index contributed by atoms with van der Waals surface area (Å²) in [6, 6.07) is 13.6. The molecule has 0 aromatic heterocycles. The molecule has 0 fully saturated rings.